The highest BCUT2D eigenvalue weighted by molar-refractivity contribution is 5.37. The van der Waals surface area contributed by atoms with E-state index in [4.69, 9.17) is 0 Å². The van der Waals surface area contributed by atoms with E-state index >= 15 is 0 Å². The van der Waals surface area contributed by atoms with Gasteiger partial charge in [0.15, 0.2) is 0 Å². The second-order valence-corrected chi connectivity index (χ2v) is 4.78. The molecule has 1 aromatic rings. The van der Waals surface area contributed by atoms with Gasteiger partial charge >= 0.3 is 0 Å². The molecule has 0 nitrogen and oxygen atoms in total. The molecule has 0 heteroatoms. The van der Waals surface area contributed by atoms with Crippen LogP contribution in [0.15, 0.2) is 42.5 Å². The Bertz CT molecular complexity index is 437. The monoisotopic (exact) mass is 196 g/mol. The minimum atomic E-state index is 0.740. The molecule has 2 aliphatic rings. The van der Waals surface area contributed by atoms with E-state index in [0.717, 1.165) is 11.8 Å². The average Bonchev–Trinajstić information content (AvgIpc) is 2.26. The van der Waals surface area contributed by atoms with Gasteiger partial charge in [0, 0.05) is 0 Å². The zero-order chi connectivity index (χ0) is 10.3. The molecule has 0 fully saturated rings. The molecule has 15 heavy (non-hydrogen) atoms. The Kier molecular flexibility index (Phi) is 2.02. The molecule has 0 radical (unpaired) electrons. The lowest BCUT2D eigenvalue weighted by Crippen LogP contribution is -2.23. The van der Waals surface area contributed by atoms with Crippen LogP contribution in [0, 0.1) is 18.8 Å². The number of hydrogen-bond acceptors (Lipinski definition) is 0. The summed E-state index contributed by atoms with van der Waals surface area (Å²) in [6, 6.07) is 6.91. The lowest BCUT2D eigenvalue weighted by molar-refractivity contribution is 0.437. The number of hydrogen-bond donors (Lipinski definition) is 0. The Balaban J connectivity index is 2.00. The van der Waals surface area contributed by atoms with Gasteiger partial charge in [-0.15, -0.1) is 0 Å². The molecule has 0 spiro atoms. The Morgan fingerprint density at radius 2 is 1.60 bits per heavy atom. The average molecular weight is 196 g/mol. The Morgan fingerprint density at radius 1 is 0.933 bits per heavy atom. The molecule has 0 saturated heterocycles. The second-order valence-electron chi connectivity index (χ2n) is 4.78. The minimum Gasteiger partial charge on any atom is -0.0805 e. The first-order valence-corrected chi connectivity index (χ1v) is 5.76. The molecule has 2 aliphatic carbocycles. The first-order valence-electron chi connectivity index (χ1n) is 5.76. The van der Waals surface area contributed by atoms with E-state index in [2.05, 4.69) is 49.4 Å². The number of aryl methyl sites for hydroxylation is 1. The standard InChI is InChI=1S/C15H16/c1-11-6-7-14-9-12-4-2-3-5-13(12)10-15(14)8-11/h2-8,12-13H,9-10H2,1H3. The van der Waals surface area contributed by atoms with Gasteiger partial charge in [-0.25, -0.2) is 0 Å². The van der Waals surface area contributed by atoms with Crippen LogP contribution in [0.1, 0.15) is 16.7 Å². The van der Waals surface area contributed by atoms with Crippen LogP contribution in [0.3, 0.4) is 0 Å². The summed E-state index contributed by atoms with van der Waals surface area (Å²) in [7, 11) is 0. The van der Waals surface area contributed by atoms with Gasteiger partial charge in [0.25, 0.3) is 0 Å². The number of rotatable bonds is 0. The third-order valence-electron chi connectivity index (χ3n) is 3.65. The number of allylic oxidation sites excluding steroid dienone is 4. The fraction of sp³-hybridized carbons (Fsp3) is 0.333. The van der Waals surface area contributed by atoms with Gasteiger partial charge in [-0.2, -0.15) is 0 Å². The molecule has 0 aromatic heterocycles. The van der Waals surface area contributed by atoms with E-state index in [1.165, 1.54) is 18.4 Å². The van der Waals surface area contributed by atoms with E-state index in [9.17, 15) is 0 Å². The van der Waals surface area contributed by atoms with Gasteiger partial charge in [0.2, 0.25) is 0 Å². The SMILES string of the molecule is Cc1ccc2c(c1)CC1C=CC=CC1C2. The maximum atomic E-state index is 2.37. The van der Waals surface area contributed by atoms with Crippen LogP contribution in [0.25, 0.3) is 0 Å². The van der Waals surface area contributed by atoms with Crippen LogP contribution in [-0.2, 0) is 12.8 Å². The molecular formula is C15H16. The van der Waals surface area contributed by atoms with Crippen LogP contribution in [-0.4, -0.2) is 0 Å². The third kappa shape index (κ3) is 1.54. The summed E-state index contributed by atoms with van der Waals surface area (Å²) in [6.07, 6.45) is 11.6. The van der Waals surface area contributed by atoms with Crippen molar-refractivity contribution in [1.82, 2.24) is 0 Å². The molecular weight excluding hydrogens is 180 g/mol. The van der Waals surface area contributed by atoms with E-state index in [0.29, 0.717) is 0 Å². The molecule has 76 valence electrons. The maximum Gasteiger partial charge on any atom is -0.0124 e. The van der Waals surface area contributed by atoms with Crippen LogP contribution in [0.2, 0.25) is 0 Å². The molecule has 3 rings (SSSR count). The summed E-state index contributed by atoms with van der Waals surface area (Å²) in [5.41, 5.74) is 4.51. The quantitative estimate of drug-likeness (QED) is 0.596. The smallest absolute Gasteiger partial charge is 0.0124 e. The van der Waals surface area contributed by atoms with Crippen molar-refractivity contribution in [3.63, 3.8) is 0 Å². The lowest BCUT2D eigenvalue weighted by atomic mass is 9.74. The first-order chi connectivity index (χ1) is 7.33. The third-order valence-corrected chi connectivity index (χ3v) is 3.65. The fourth-order valence-electron chi connectivity index (χ4n) is 2.79. The highest BCUT2D eigenvalue weighted by Crippen LogP contribution is 2.34. The van der Waals surface area contributed by atoms with Crippen molar-refractivity contribution in [2.45, 2.75) is 19.8 Å². The fourth-order valence-corrected chi connectivity index (χ4v) is 2.79. The Labute approximate surface area is 91.3 Å². The van der Waals surface area contributed by atoms with E-state index < -0.39 is 0 Å². The molecule has 0 N–H and O–H groups in total. The molecule has 0 saturated carbocycles. The van der Waals surface area contributed by atoms with Gasteiger partial charge in [0.05, 0.1) is 0 Å². The summed E-state index contributed by atoms with van der Waals surface area (Å²) < 4.78 is 0. The van der Waals surface area contributed by atoms with Gasteiger partial charge in [-0.1, -0.05) is 48.1 Å². The summed E-state index contributed by atoms with van der Waals surface area (Å²) >= 11 is 0. The van der Waals surface area contributed by atoms with Gasteiger partial charge in [-0.3, -0.25) is 0 Å². The lowest BCUT2D eigenvalue weighted by Gasteiger charge is -2.31. The summed E-state index contributed by atoms with van der Waals surface area (Å²) in [5, 5.41) is 0. The minimum absolute atomic E-state index is 0.740. The normalized spacial score (nSPS) is 27.3. The van der Waals surface area contributed by atoms with Crippen LogP contribution >= 0.6 is 0 Å². The zero-order valence-electron chi connectivity index (χ0n) is 9.11. The summed E-state index contributed by atoms with van der Waals surface area (Å²) in [5.74, 6) is 1.48. The van der Waals surface area contributed by atoms with Crippen molar-refractivity contribution >= 4 is 0 Å². The van der Waals surface area contributed by atoms with Crippen LogP contribution in [0.4, 0.5) is 0 Å². The molecule has 0 heterocycles. The zero-order valence-corrected chi connectivity index (χ0v) is 9.11. The molecule has 0 aliphatic heterocycles. The van der Waals surface area contributed by atoms with Crippen molar-refractivity contribution in [1.29, 1.82) is 0 Å². The van der Waals surface area contributed by atoms with E-state index in [1.54, 1.807) is 11.1 Å². The van der Waals surface area contributed by atoms with Crippen LogP contribution < -0.4 is 0 Å². The molecule has 2 unspecified atom stereocenters. The van der Waals surface area contributed by atoms with Crippen molar-refractivity contribution in [2.24, 2.45) is 11.8 Å². The van der Waals surface area contributed by atoms with Crippen molar-refractivity contribution in [3.05, 3.63) is 59.2 Å². The predicted octanol–water partition coefficient (Wildman–Crippen LogP) is 3.45. The van der Waals surface area contributed by atoms with Crippen molar-refractivity contribution < 1.29 is 0 Å². The highest BCUT2D eigenvalue weighted by atomic mass is 14.3. The number of benzene rings is 1. The second kappa shape index (κ2) is 3.37. The summed E-state index contributed by atoms with van der Waals surface area (Å²) in [4.78, 5) is 0. The van der Waals surface area contributed by atoms with Gasteiger partial charge in [-0.05, 0) is 42.7 Å². The number of fused-ring (bicyclic) bond motifs is 2. The van der Waals surface area contributed by atoms with E-state index in [1.807, 2.05) is 0 Å². The first kappa shape index (κ1) is 8.96. The Morgan fingerprint density at radius 3 is 2.33 bits per heavy atom. The molecule has 2 atom stereocenters. The maximum absolute atomic E-state index is 2.37. The highest BCUT2D eigenvalue weighted by Gasteiger charge is 2.25. The predicted molar refractivity (Wildman–Crippen MR) is 63.8 cm³/mol. The summed E-state index contributed by atoms with van der Waals surface area (Å²) in [6.45, 7) is 2.18. The van der Waals surface area contributed by atoms with Gasteiger partial charge < -0.3 is 0 Å². The van der Waals surface area contributed by atoms with Crippen molar-refractivity contribution in [3.8, 4) is 0 Å². The van der Waals surface area contributed by atoms with Crippen LogP contribution in [0.5, 0.6) is 0 Å². The topological polar surface area (TPSA) is 0 Å². The largest absolute Gasteiger partial charge is 0.0805 e. The molecule has 1 aromatic carbocycles. The van der Waals surface area contributed by atoms with E-state index in [-0.39, 0.29) is 0 Å². The van der Waals surface area contributed by atoms with Gasteiger partial charge in [0.1, 0.15) is 0 Å². The van der Waals surface area contributed by atoms with Crippen molar-refractivity contribution in [2.75, 3.05) is 0 Å². The Hall–Kier alpha value is -1.30. The molecule has 0 amide bonds. The molecule has 0 bridgehead atoms.